The largest absolute Gasteiger partial charge is 0.454 e. The zero-order chi connectivity index (χ0) is 24.2. The lowest BCUT2D eigenvalue weighted by atomic mass is 10.1. The molecule has 0 bridgehead atoms. The SMILES string of the molecule is Cc1ccc(N2C(=O)/C(=C\c3ccc4c(c3)OCO4)N=C2SCCCC(=O)c2ccccc2)cc1. The lowest BCUT2D eigenvalue weighted by molar-refractivity contribution is -0.113. The highest BCUT2D eigenvalue weighted by Gasteiger charge is 2.32. The van der Waals surface area contributed by atoms with Gasteiger partial charge in [-0.15, -0.1) is 0 Å². The summed E-state index contributed by atoms with van der Waals surface area (Å²) in [6, 6.07) is 22.6. The van der Waals surface area contributed by atoms with Gasteiger partial charge in [-0.05, 0) is 49.2 Å². The number of aliphatic imine (C=N–C) groups is 1. The number of hydrogen-bond donors (Lipinski definition) is 0. The monoisotopic (exact) mass is 484 g/mol. The molecule has 0 fully saturated rings. The van der Waals surface area contributed by atoms with Gasteiger partial charge >= 0.3 is 0 Å². The van der Waals surface area contributed by atoms with Crippen molar-refractivity contribution in [1.82, 2.24) is 0 Å². The van der Waals surface area contributed by atoms with Crippen LogP contribution in [-0.2, 0) is 4.79 Å². The van der Waals surface area contributed by atoms with Crippen molar-refractivity contribution in [3.8, 4) is 11.5 Å². The molecule has 35 heavy (non-hydrogen) atoms. The van der Waals surface area contributed by atoms with Crippen molar-refractivity contribution in [2.24, 2.45) is 4.99 Å². The number of rotatable bonds is 7. The van der Waals surface area contributed by atoms with Crippen LogP contribution in [0.15, 0.2) is 83.5 Å². The van der Waals surface area contributed by atoms with Crippen LogP contribution in [0.1, 0.15) is 34.3 Å². The molecule has 0 saturated carbocycles. The highest BCUT2D eigenvalue weighted by atomic mass is 32.2. The topological polar surface area (TPSA) is 68.2 Å². The lowest BCUT2D eigenvalue weighted by Crippen LogP contribution is -2.30. The van der Waals surface area contributed by atoms with Crippen LogP contribution in [0.5, 0.6) is 11.5 Å². The van der Waals surface area contributed by atoms with Crippen LogP contribution in [0.2, 0.25) is 0 Å². The van der Waals surface area contributed by atoms with E-state index in [2.05, 4.69) is 4.99 Å². The van der Waals surface area contributed by atoms with Gasteiger partial charge in [0.1, 0.15) is 5.70 Å². The van der Waals surface area contributed by atoms with Crippen LogP contribution in [0.3, 0.4) is 0 Å². The van der Waals surface area contributed by atoms with E-state index in [1.54, 1.807) is 11.0 Å². The first-order valence-electron chi connectivity index (χ1n) is 11.4. The molecule has 0 aromatic heterocycles. The molecule has 5 rings (SSSR count). The number of aryl methyl sites for hydroxylation is 1. The minimum Gasteiger partial charge on any atom is -0.454 e. The molecule has 0 spiro atoms. The van der Waals surface area contributed by atoms with Crippen molar-refractivity contribution in [1.29, 1.82) is 0 Å². The molecule has 0 atom stereocenters. The van der Waals surface area contributed by atoms with Crippen molar-refractivity contribution in [3.05, 3.63) is 95.2 Å². The zero-order valence-corrected chi connectivity index (χ0v) is 20.1. The molecule has 0 aliphatic carbocycles. The summed E-state index contributed by atoms with van der Waals surface area (Å²) in [7, 11) is 0. The standard InChI is InChI=1S/C28H24N2O4S/c1-19-9-12-22(13-10-19)30-27(32)23(16-20-11-14-25-26(17-20)34-18-33-25)29-28(30)35-15-5-8-24(31)21-6-3-2-4-7-21/h2-4,6-7,9-14,16-17H,5,8,15,18H2,1H3/b23-16+. The molecule has 0 saturated heterocycles. The molecule has 0 N–H and O–H groups in total. The molecule has 6 nitrogen and oxygen atoms in total. The Balaban J connectivity index is 1.33. The summed E-state index contributed by atoms with van der Waals surface area (Å²) in [5, 5.41) is 0.609. The third-order valence-electron chi connectivity index (χ3n) is 5.70. The van der Waals surface area contributed by atoms with E-state index in [9.17, 15) is 9.59 Å². The summed E-state index contributed by atoms with van der Waals surface area (Å²) in [6.45, 7) is 2.20. The van der Waals surface area contributed by atoms with Crippen LogP contribution in [-0.4, -0.2) is 29.4 Å². The Kier molecular flexibility index (Phi) is 6.68. The van der Waals surface area contributed by atoms with Crippen LogP contribution < -0.4 is 14.4 Å². The molecule has 2 heterocycles. The number of ether oxygens (including phenoxy) is 2. The molecular weight excluding hydrogens is 460 g/mol. The summed E-state index contributed by atoms with van der Waals surface area (Å²) in [4.78, 5) is 32.1. The molecule has 2 aliphatic heterocycles. The number of Topliss-reactive ketones (excluding diaryl/α,β-unsaturated/α-hetero) is 1. The summed E-state index contributed by atoms with van der Waals surface area (Å²) in [6.07, 6.45) is 2.90. The number of amides is 1. The molecule has 7 heteroatoms. The Morgan fingerprint density at radius 2 is 1.80 bits per heavy atom. The third kappa shape index (κ3) is 5.15. The van der Waals surface area contributed by atoms with Gasteiger partial charge in [-0.2, -0.15) is 0 Å². The highest BCUT2D eigenvalue weighted by molar-refractivity contribution is 8.14. The number of fused-ring (bicyclic) bond motifs is 1. The van der Waals surface area contributed by atoms with E-state index in [1.165, 1.54) is 11.8 Å². The quantitative estimate of drug-likeness (QED) is 0.239. The van der Waals surface area contributed by atoms with Crippen molar-refractivity contribution in [2.45, 2.75) is 19.8 Å². The van der Waals surface area contributed by atoms with Gasteiger partial charge in [0.2, 0.25) is 6.79 Å². The van der Waals surface area contributed by atoms with E-state index in [-0.39, 0.29) is 18.5 Å². The molecule has 2 aliphatic rings. The molecule has 0 radical (unpaired) electrons. The van der Waals surface area contributed by atoms with Crippen LogP contribution in [0.4, 0.5) is 5.69 Å². The van der Waals surface area contributed by atoms with Crippen molar-refractivity contribution >= 4 is 40.4 Å². The number of anilines is 1. The minimum atomic E-state index is -0.186. The van der Waals surface area contributed by atoms with Gasteiger partial charge in [0.25, 0.3) is 5.91 Å². The van der Waals surface area contributed by atoms with Crippen LogP contribution in [0, 0.1) is 6.92 Å². The first kappa shape index (κ1) is 22.9. The van der Waals surface area contributed by atoms with Crippen molar-refractivity contribution < 1.29 is 19.1 Å². The fourth-order valence-electron chi connectivity index (χ4n) is 3.84. The molecule has 1 amide bonds. The average Bonchev–Trinajstić information content (AvgIpc) is 3.47. The predicted molar refractivity (Wildman–Crippen MR) is 139 cm³/mol. The van der Waals surface area contributed by atoms with E-state index in [0.717, 1.165) is 22.4 Å². The van der Waals surface area contributed by atoms with E-state index in [4.69, 9.17) is 9.47 Å². The van der Waals surface area contributed by atoms with Crippen molar-refractivity contribution in [3.63, 3.8) is 0 Å². The Morgan fingerprint density at radius 1 is 1.03 bits per heavy atom. The van der Waals surface area contributed by atoms with Gasteiger partial charge in [-0.25, -0.2) is 4.99 Å². The van der Waals surface area contributed by atoms with Crippen molar-refractivity contribution in [2.75, 3.05) is 17.4 Å². The number of carbonyl (C=O) groups is 2. The number of benzene rings is 3. The summed E-state index contributed by atoms with van der Waals surface area (Å²) in [5.74, 6) is 1.95. The van der Waals surface area contributed by atoms with E-state index >= 15 is 0 Å². The smallest absolute Gasteiger partial charge is 0.283 e. The first-order valence-corrected chi connectivity index (χ1v) is 12.4. The van der Waals surface area contributed by atoms with Crippen LogP contribution in [0.25, 0.3) is 6.08 Å². The Labute approximate surface area is 208 Å². The van der Waals surface area contributed by atoms with E-state index in [1.807, 2.05) is 79.7 Å². The van der Waals surface area contributed by atoms with Gasteiger partial charge < -0.3 is 9.47 Å². The van der Waals surface area contributed by atoms with Gasteiger partial charge in [0.15, 0.2) is 22.4 Å². The maximum Gasteiger partial charge on any atom is 0.283 e. The second-order valence-corrected chi connectivity index (χ2v) is 9.32. The lowest BCUT2D eigenvalue weighted by Gasteiger charge is -2.18. The molecule has 176 valence electrons. The molecule has 0 unspecified atom stereocenters. The minimum absolute atomic E-state index is 0.120. The predicted octanol–water partition coefficient (Wildman–Crippen LogP) is 5.86. The highest BCUT2D eigenvalue weighted by Crippen LogP contribution is 2.34. The maximum atomic E-state index is 13.4. The van der Waals surface area contributed by atoms with Crippen LogP contribution >= 0.6 is 11.8 Å². The summed E-state index contributed by atoms with van der Waals surface area (Å²) < 4.78 is 10.8. The second kappa shape index (κ2) is 10.2. The Hall–Kier alpha value is -3.84. The number of carbonyl (C=O) groups excluding carboxylic acids is 2. The Bertz CT molecular complexity index is 1320. The maximum absolute atomic E-state index is 13.4. The second-order valence-electron chi connectivity index (χ2n) is 8.25. The normalized spacial score (nSPS) is 15.6. The molecule has 3 aromatic rings. The number of hydrogen-bond acceptors (Lipinski definition) is 6. The third-order valence-corrected chi connectivity index (χ3v) is 6.72. The summed E-state index contributed by atoms with van der Waals surface area (Å²) >= 11 is 1.48. The van der Waals surface area contributed by atoms with Gasteiger partial charge in [-0.1, -0.05) is 65.9 Å². The fraction of sp³-hybridized carbons (Fsp3) is 0.179. The molecule has 3 aromatic carbocycles. The number of thioether (sulfide) groups is 1. The zero-order valence-electron chi connectivity index (χ0n) is 19.3. The number of amidine groups is 1. The number of nitrogens with zero attached hydrogens (tertiary/aromatic N) is 2. The first-order chi connectivity index (χ1) is 17.1. The van der Waals surface area contributed by atoms with E-state index < -0.39 is 0 Å². The van der Waals surface area contributed by atoms with Gasteiger partial charge in [0, 0.05) is 17.7 Å². The summed E-state index contributed by atoms with van der Waals surface area (Å²) in [5.41, 5.74) is 3.77. The Morgan fingerprint density at radius 3 is 2.60 bits per heavy atom. The van der Waals surface area contributed by atoms with Gasteiger partial charge in [-0.3, -0.25) is 14.5 Å². The molecular formula is C28H24N2O4S. The van der Waals surface area contributed by atoms with E-state index in [0.29, 0.717) is 41.0 Å². The average molecular weight is 485 g/mol. The fourth-order valence-corrected chi connectivity index (χ4v) is 4.79. The van der Waals surface area contributed by atoms with Gasteiger partial charge in [0.05, 0.1) is 5.69 Å². The number of ketones is 1.